The summed E-state index contributed by atoms with van der Waals surface area (Å²) in [5.41, 5.74) is 2.91. The summed E-state index contributed by atoms with van der Waals surface area (Å²) in [5, 5.41) is 10.6. The molecule has 33 heavy (non-hydrogen) atoms. The number of carbonyl (C=O) groups excluding carboxylic acids is 2. The maximum atomic E-state index is 12.4. The third-order valence-electron chi connectivity index (χ3n) is 6.47. The number of benzene rings is 2. The van der Waals surface area contributed by atoms with Crippen molar-refractivity contribution in [1.29, 1.82) is 0 Å². The fourth-order valence-corrected chi connectivity index (χ4v) is 4.30. The average Bonchev–Trinajstić information content (AvgIpc) is 3.20. The molecule has 1 aliphatic rings. The Morgan fingerprint density at radius 1 is 1.12 bits per heavy atom. The van der Waals surface area contributed by atoms with E-state index in [0.717, 1.165) is 37.7 Å². The van der Waals surface area contributed by atoms with Gasteiger partial charge in [0.25, 0.3) is 0 Å². The van der Waals surface area contributed by atoms with Gasteiger partial charge in [0, 0.05) is 13.0 Å². The highest BCUT2D eigenvalue weighted by Crippen LogP contribution is 2.22. The summed E-state index contributed by atoms with van der Waals surface area (Å²) in [6.45, 7) is 2.70. The molecule has 1 heterocycles. The van der Waals surface area contributed by atoms with Crippen LogP contribution in [0.5, 0.6) is 0 Å². The SMILES string of the molecule is COC(=O)c1ccc(CCN2C(=O)CC[C@@H]2C=C[C@H](O)[C@@H](C)CCCc2ccccc2)cc1. The van der Waals surface area contributed by atoms with Crippen molar-refractivity contribution in [3.63, 3.8) is 0 Å². The number of hydrogen-bond donors (Lipinski definition) is 1. The van der Waals surface area contributed by atoms with Gasteiger partial charge in [-0.05, 0) is 61.3 Å². The van der Waals surface area contributed by atoms with Crippen LogP contribution in [0.1, 0.15) is 54.1 Å². The largest absolute Gasteiger partial charge is 0.465 e. The Labute approximate surface area is 197 Å². The highest BCUT2D eigenvalue weighted by Gasteiger charge is 2.29. The zero-order valence-electron chi connectivity index (χ0n) is 19.7. The Hall–Kier alpha value is -2.92. The molecule has 0 saturated carbocycles. The third-order valence-corrected chi connectivity index (χ3v) is 6.47. The van der Waals surface area contributed by atoms with Crippen molar-refractivity contribution in [2.75, 3.05) is 13.7 Å². The second-order valence-electron chi connectivity index (χ2n) is 8.86. The smallest absolute Gasteiger partial charge is 0.337 e. The van der Waals surface area contributed by atoms with Crippen molar-refractivity contribution >= 4 is 11.9 Å². The van der Waals surface area contributed by atoms with Gasteiger partial charge in [-0.3, -0.25) is 4.79 Å². The number of nitrogens with zero attached hydrogens (tertiary/aromatic N) is 1. The van der Waals surface area contributed by atoms with Crippen LogP contribution in [-0.2, 0) is 22.4 Å². The molecule has 2 aromatic rings. The number of esters is 1. The minimum Gasteiger partial charge on any atom is -0.465 e. The Balaban J connectivity index is 1.47. The van der Waals surface area contributed by atoms with Crippen LogP contribution >= 0.6 is 0 Å². The highest BCUT2D eigenvalue weighted by atomic mass is 16.5. The standard InChI is InChI=1S/C28H35NO4/c1-21(7-6-10-22-8-4-3-5-9-22)26(30)17-15-25-16-18-27(31)29(25)20-19-23-11-13-24(14-12-23)28(32)33-2/h3-5,8-9,11-15,17,21,25-26,30H,6-7,10,16,18-20H2,1-2H3/t21-,25-,26-/m0/s1. The molecule has 176 valence electrons. The predicted molar refractivity (Wildman–Crippen MR) is 130 cm³/mol. The summed E-state index contributed by atoms with van der Waals surface area (Å²) in [6, 6.07) is 17.7. The van der Waals surface area contributed by atoms with E-state index in [1.54, 1.807) is 12.1 Å². The molecule has 1 amide bonds. The number of rotatable bonds is 11. The molecular formula is C28H35NO4. The molecule has 0 aromatic heterocycles. The highest BCUT2D eigenvalue weighted by molar-refractivity contribution is 5.89. The maximum Gasteiger partial charge on any atom is 0.337 e. The summed E-state index contributed by atoms with van der Waals surface area (Å²) in [4.78, 5) is 25.9. The summed E-state index contributed by atoms with van der Waals surface area (Å²) < 4.78 is 4.73. The number of aryl methyl sites for hydroxylation is 1. The van der Waals surface area contributed by atoms with Crippen LogP contribution in [0, 0.1) is 5.92 Å². The van der Waals surface area contributed by atoms with E-state index in [9.17, 15) is 14.7 Å². The number of carbonyl (C=O) groups is 2. The van der Waals surface area contributed by atoms with Crippen molar-refractivity contribution in [3.8, 4) is 0 Å². The number of likely N-dealkylation sites (tertiary alicyclic amines) is 1. The van der Waals surface area contributed by atoms with E-state index >= 15 is 0 Å². The van der Waals surface area contributed by atoms with Crippen molar-refractivity contribution in [2.45, 2.75) is 57.6 Å². The van der Waals surface area contributed by atoms with E-state index in [-0.39, 0.29) is 23.8 Å². The van der Waals surface area contributed by atoms with E-state index in [1.165, 1.54) is 12.7 Å². The summed E-state index contributed by atoms with van der Waals surface area (Å²) >= 11 is 0. The Morgan fingerprint density at radius 3 is 2.52 bits per heavy atom. The van der Waals surface area contributed by atoms with Crippen LogP contribution in [0.2, 0.25) is 0 Å². The summed E-state index contributed by atoms with van der Waals surface area (Å²) in [7, 11) is 1.37. The van der Waals surface area contributed by atoms with Gasteiger partial charge in [-0.2, -0.15) is 0 Å². The Morgan fingerprint density at radius 2 is 1.82 bits per heavy atom. The van der Waals surface area contributed by atoms with Crippen LogP contribution < -0.4 is 0 Å². The van der Waals surface area contributed by atoms with Gasteiger partial charge in [0.1, 0.15) is 0 Å². The second-order valence-corrected chi connectivity index (χ2v) is 8.86. The van der Waals surface area contributed by atoms with Crippen LogP contribution in [0.4, 0.5) is 0 Å². The van der Waals surface area contributed by atoms with E-state index < -0.39 is 6.10 Å². The van der Waals surface area contributed by atoms with Gasteiger partial charge in [-0.25, -0.2) is 4.79 Å². The molecule has 1 saturated heterocycles. The summed E-state index contributed by atoms with van der Waals surface area (Å²) in [5.74, 6) is -0.0283. The molecule has 0 spiro atoms. The van der Waals surface area contributed by atoms with Crippen molar-refractivity contribution in [1.82, 2.24) is 4.90 Å². The predicted octanol–water partition coefficient (Wildman–Crippen LogP) is 4.58. The topological polar surface area (TPSA) is 66.8 Å². The van der Waals surface area contributed by atoms with Crippen LogP contribution in [0.25, 0.3) is 0 Å². The molecule has 3 atom stereocenters. The lowest BCUT2D eigenvalue weighted by Gasteiger charge is -2.23. The Bertz CT molecular complexity index is 923. The number of aliphatic hydroxyl groups excluding tert-OH is 1. The number of amides is 1. The first-order valence-corrected chi connectivity index (χ1v) is 11.8. The minimum absolute atomic E-state index is 0.0259. The van der Waals surface area contributed by atoms with E-state index in [1.807, 2.05) is 35.3 Å². The van der Waals surface area contributed by atoms with Gasteiger partial charge >= 0.3 is 5.97 Å². The first-order chi connectivity index (χ1) is 16.0. The third kappa shape index (κ3) is 7.29. The van der Waals surface area contributed by atoms with Crippen LogP contribution in [0.15, 0.2) is 66.7 Å². The van der Waals surface area contributed by atoms with Crippen molar-refractivity contribution in [3.05, 3.63) is 83.4 Å². The quantitative estimate of drug-likeness (QED) is 0.403. The zero-order chi connectivity index (χ0) is 23.6. The lowest BCUT2D eigenvalue weighted by Crippen LogP contribution is -2.34. The molecule has 2 aromatic carbocycles. The number of aliphatic hydroxyl groups is 1. The van der Waals surface area contributed by atoms with Gasteiger partial charge in [-0.15, -0.1) is 0 Å². The minimum atomic E-state index is -0.510. The molecule has 0 aliphatic carbocycles. The molecule has 3 rings (SSSR count). The second kappa shape index (κ2) is 12.4. The van der Waals surface area contributed by atoms with Crippen molar-refractivity contribution < 1.29 is 19.4 Å². The molecule has 1 fully saturated rings. The van der Waals surface area contributed by atoms with E-state index in [2.05, 4.69) is 31.2 Å². The fourth-order valence-electron chi connectivity index (χ4n) is 4.30. The molecule has 0 unspecified atom stereocenters. The van der Waals surface area contributed by atoms with E-state index in [4.69, 9.17) is 4.74 Å². The van der Waals surface area contributed by atoms with E-state index in [0.29, 0.717) is 18.5 Å². The van der Waals surface area contributed by atoms with Gasteiger partial charge < -0.3 is 14.7 Å². The first-order valence-electron chi connectivity index (χ1n) is 11.8. The molecule has 5 nitrogen and oxygen atoms in total. The molecular weight excluding hydrogens is 414 g/mol. The lowest BCUT2D eigenvalue weighted by atomic mass is 9.95. The van der Waals surface area contributed by atoms with Crippen LogP contribution in [-0.4, -0.2) is 47.7 Å². The first kappa shape index (κ1) is 24.7. The maximum absolute atomic E-state index is 12.4. The van der Waals surface area contributed by atoms with Crippen molar-refractivity contribution in [2.24, 2.45) is 5.92 Å². The molecule has 0 bridgehead atoms. The molecule has 1 aliphatic heterocycles. The van der Waals surface area contributed by atoms with Gasteiger partial charge in [-0.1, -0.05) is 61.5 Å². The van der Waals surface area contributed by atoms with Gasteiger partial charge in [0.05, 0.1) is 24.8 Å². The Kier molecular flexibility index (Phi) is 9.25. The normalized spacial score (nSPS) is 18.0. The van der Waals surface area contributed by atoms with Gasteiger partial charge in [0.2, 0.25) is 5.91 Å². The summed E-state index contributed by atoms with van der Waals surface area (Å²) in [6.07, 6.45) is 8.42. The molecule has 0 radical (unpaired) electrons. The molecule has 5 heteroatoms. The zero-order valence-corrected chi connectivity index (χ0v) is 19.7. The lowest BCUT2D eigenvalue weighted by molar-refractivity contribution is -0.128. The number of methoxy groups -OCH3 is 1. The fraction of sp³-hybridized carbons (Fsp3) is 0.429. The van der Waals surface area contributed by atoms with Gasteiger partial charge in [0.15, 0.2) is 0 Å². The number of hydrogen-bond acceptors (Lipinski definition) is 4. The number of ether oxygens (including phenoxy) is 1. The van der Waals surface area contributed by atoms with Crippen LogP contribution in [0.3, 0.4) is 0 Å². The average molecular weight is 450 g/mol. The molecule has 1 N–H and O–H groups in total. The monoisotopic (exact) mass is 449 g/mol.